The average Bonchev–Trinajstić information content (AvgIpc) is 1.98. The van der Waals surface area contributed by atoms with Gasteiger partial charge in [-0.2, -0.15) is 11.8 Å². The molecule has 0 aromatic heterocycles. The lowest BCUT2D eigenvalue weighted by atomic mass is 10.2. The fraction of sp³-hybridized carbons (Fsp3) is 0.909. The van der Waals surface area contributed by atoms with Crippen molar-refractivity contribution < 1.29 is 9.53 Å². The van der Waals surface area contributed by atoms with Crippen LogP contribution in [0.1, 0.15) is 34.6 Å². The summed E-state index contributed by atoms with van der Waals surface area (Å²) in [7, 11) is 0. The van der Waals surface area contributed by atoms with Gasteiger partial charge in [-0.3, -0.25) is 0 Å². The maximum atomic E-state index is 11.8. The van der Waals surface area contributed by atoms with Gasteiger partial charge in [-0.1, -0.05) is 13.8 Å². The molecule has 2 unspecified atom stereocenters. The number of thioether (sulfide) groups is 1. The monoisotopic (exact) mass is 231 g/mol. The first-order chi connectivity index (χ1) is 6.78. The molecule has 0 radical (unpaired) electrons. The Morgan fingerprint density at radius 2 is 1.73 bits per heavy atom. The third-order valence-electron chi connectivity index (χ3n) is 2.07. The highest BCUT2D eigenvalue weighted by Gasteiger charge is 2.29. The highest BCUT2D eigenvalue weighted by atomic mass is 32.2. The molecule has 0 bridgehead atoms. The van der Waals surface area contributed by atoms with Gasteiger partial charge in [-0.25, -0.2) is 4.79 Å². The second-order valence-electron chi connectivity index (χ2n) is 5.14. The first kappa shape index (κ1) is 12.7. The summed E-state index contributed by atoms with van der Waals surface area (Å²) in [6.45, 7) is 11.6. The Balaban J connectivity index is 2.52. The fourth-order valence-corrected chi connectivity index (χ4v) is 2.98. The van der Waals surface area contributed by atoms with E-state index in [1.807, 2.05) is 37.4 Å². The van der Waals surface area contributed by atoms with Crippen LogP contribution in [0.5, 0.6) is 0 Å². The summed E-state index contributed by atoms with van der Waals surface area (Å²) in [4.78, 5) is 13.6. The van der Waals surface area contributed by atoms with Gasteiger partial charge in [-0.05, 0) is 20.8 Å². The van der Waals surface area contributed by atoms with Crippen molar-refractivity contribution in [2.24, 2.45) is 0 Å². The van der Waals surface area contributed by atoms with Gasteiger partial charge in [0.15, 0.2) is 0 Å². The number of carbonyl (C=O) groups is 1. The van der Waals surface area contributed by atoms with E-state index in [1.54, 1.807) is 0 Å². The maximum absolute atomic E-state index is 11.8. The smallest absolute Gasteiger partial charge is 0.410 e. The van der Waals surface area contributed by atoms with Crippen molar-refractivity contribution >= 4 is 17.9 Å². The second kappa shape index (κ2) is 4.64. The molecule has 1 amide bonds. The Bertz CT molecular complexity index is 227. The highest BCUT2D eigenvalue weighted by molar-refractivity contribution is 8.00. The summed E-state index contributed by atoms with van der Waals surface area (Å²) >= 11 is 1.93. The average molecular weight is 231 g/mol. The Kier molecular flexibility index (Phi) is 3.93. The number of hydrogen-bond acceptors (Lipinski definition) is 3. The summed E-state index contributed by atoms with van der Waals surface area (Å²) in [6, 6.07) is 0. The largest absolute Gasteiger partial charge is 0.444 e. The molecule has 0 aromatic carbocycles. The third kappa shape index (κ3) is 4.33. The van der Waals surface area contributed by atoms with Gasteiger partial charge in [-0.15, -0.1) is 0 Å². The summed E-state index contributed by atoms with van der Waals surface area (Å²) in [5.41, 5.74) is -0.395. The van der Waals surface area contributed by atoms with E-state index in [-0.39, 0.29) is 6.09 Å². The number of hydrogen-bond donors (Lipinski definition) is 0. The van der Waals surface area contributed by atoms with Crippen LogP contribution in [-0.2, 0) is 4.74 Å². The van der Waals surface area contributed by atoms with Crippen molar-refractivity contribution in [1.82, 2.24) is 4.90 Å². The van der Waals surface area contributed by atoms with Gasteiger partial charge in [0.2, 0.25) is 0 Å². The quantitative estimate of drug-likeness (QED) is 0.642. The van der Waals surface area contributed by atoms with Crippen LogP contribution < -0.4 is 0 Å². The number of amides is 1. The molecule has 0 N–H and O–H groups in total. The normalized spacial score (nSPS) is 27.7. The highest BCUT2D eigenvalue weighted by Crippen LogP contribution is 2.25. The van der Waals surface area contributed by atoms with Crippen LogP contribution in [0.3, 0.4) is 0 Å². The summed E-state index contributed by atoms with van der Waals surface area (Å²) < 4.78 is 5.35. The first-order valence-corrected chi connectivity index (χ1v) is 6.35. The molecule has 15 heavy (non-hydrogen) atoms. The molecular weight excluding hydrogens is 210 g/mol. The molecule has 1 heterocycles. The minimum atomic E-state index is -0.395. The van der Waals surface area contributed by atoms with E-state index in [9.17, 15) is 4.79 Å². The molecule has 0 aromatic rings. The van der Waals surface area contributed by atoms with Crippen LogP contribution in [0.4, 0.5) is 4.79 Å². The summed E-state index contributed by atoms with van der Waals surface area (Å²) in [6.07, 6.45) is -0.179. The molecule has 1 saturated heterocycles. The number of carbonyl (C=O) groups excluding carboxylic acids is 1. The second-order valence-corrected chi connectivity index (χ2v) is 7.02. The Labute approximate surface area is 96.5 Å². The molecule has 2 atom stereocenters. The minimum Gasteiger partial charge on any atom is -0.444 e. The van der Waals surface area contributed by atoms with E-state index in [4.69, 9.17) is 4.74 Å². The van der Waals surface area contributed by atoms with E-state index < -0.39 is 5.60 Å². The SMILES string of the molecule is CC1CN(C(=O)OC(C)(C)C)CC(C)S1. The van der Waals surface area contributed by atoms with Crippen LogP contribution in [0.2, 0.25) is 0 Å². The van der Waals surface area contributed by atoms with Crippen LogP contribution in [0, 0.1) is 0 Å². The molecule has 1 fully saturated rings. The van der Waals surface area contributed by atoms with Gasteiger partial charge in [0.05, 0.1) is 0 Å². The van der Waals surface area contributed by atoms with Crippen LogP contribution >= 0.6 is 11.8 Å². The van der Waals surface area contributed by atoms with Crippen LogP contribution in [-0.4, -0.2) is 40.2 Å². The van der Waals surface area contributed by atoms with Crippen molar-refractivity contribution in [2.75, 3.05) is 13.1 Å². The fourth-order valence-electron chi connectivity index (χ4n) is 1.65. The van der Waals surface area contributed by atoms with E-state index in [0.29, 0.717) is 10.5 Å². The molecule has 1 aliphatic rings. The molecule has 0 aliphatic carbocycles. The van der Waals surface area contributed by atoms with Gasteiger partial charge < -0.3 is 9.64 Å². The van der Waals surface area contributed by atoms with Gasteiger partial charge in [0.1, 0.15) is 5.60 Å². The van der Waals surface area contributed by atoms with Crippen molar-refractivity contribution in [3.05, 3.63) is 0 Å². The van der Waals surface area contributed by atoms with Crippen molar-refractivity contribution in [3.8, 4) is 0 Å². The lowest BCUT2D eigenvalue weighted by molar-refractivity contribution is 0.0247. The number of ether oxygens (including phenoxy) is 1. The first-order valence-electron chi connectivity index (χ1n) is 5.41. The zero-order valence-corrected chi connectivity index (χ0v) is 11.1. The molecule has 0 saturated carbocycles. The molecule has 1 rings (SSSR count). The van der Waals surface area contributed by atoms with Crippen LogP contribution in [0.15, 0.2) is 0 Å². The summed E-state index contributed by atoms with van der Waals surface area (Å²) in [5, 5.41) is 1.00. The summed E-state index contributed by atoms with van der Waals surface area (Å²) in [5.74, 6) is 0. The molecule has 3 nitrogen and oxygen atoms in total. The predicted octanol–water partition coefficient (Wildman–Crippen LogP) is 2.75. The Morgan fingerprint density at radius 3 is 2.13 bits per heavy atom. The van der Waals surface area contributed by atoms with E-state index in [1.165, 1.54) is 0 Å². The molecular formula is C11H21NO2S. The molecule has 88 valence electrons. The van der Waals surface area contributed by atoms with Crippen molar-refractivity contribution in [2.45, 2.75) is 50.7 Å². The molecule has 0 spiro atoms. The number of nitrogens with zero attached hydrogens (tertiary/aromatic N) is 1. The lowest BCUT2D eigenvalue weighted by Gasteiger charge is -2.35. The van der Waals surface area contributed by atoms with E-state index >= 15 is 0 Å². The topological polar surface area (TPSA) is 29.5 Å². The number of rotatable bonds is 0. The molecule has 1 aliphatic heterocycles. The maximum Gasteiger partial charge on any atom is 0.410 e. The van der Waals surface area contributed by atoms with Gasteiger partial charge in [0, 0.05) is 23.6 Å². The predicted molar refractivity (Wildman–Crippen MR) is 64.3 cm³/mol. The van der Waals surface area contributed by atoms with Crippen molar-refractivity contribution in [1.29, 1.82) is 0 Å². The zero-order valence-electron chi connectivity index (χ0n) is 10.2. The third-order valence-corrected chi connectivity index (χ3v) is 3.30. The van der Waals surface area contributed by atoms with Gasteiger partial charge in [0.25, 0.3) is 0 Å². The van der Waals surface area contributed by atoms with E-state index in [2.05, 4.69) is 13.8 Å². The minimum absolute atomic E-state index is 0.179. The van der Waals surface area contributed by atoms with E-state index in [0.717, 1.165) is 13.1 Å². The standard InChI is InChI=1S/C11H21NO2S/c1-8-6-12(7-9(2)15-8)10(13)14-11(3,4)5/h8-9H,6-7H2,1-5H3. The Hall–Kier alpha value is -0.380. The molecule has 4 heteroatoms. The van der Waals surface area contributed by atoms with Gasteiger partial charge >= 0.3 is 6.09 Å². The van der Waals surface area contributed by atoms with Crippen molar-refractivity contribution in [3.63, 3.8) is 0 Å². The zero-order chi connectivity index (χ0) is 11.6. The Morgan fingerprint density at radius 1 is 1.27 bits per heavy atom. The van der Waals surface area contributed by atoms with Crippen LogP contribution in [0.25, 0.3) is 0 Å². The lowest BCUT2D eigenvalue weighted by Crippen LogP contribution is -2.46.